The van der Waals surface area contributed by atoms with Crippen LogP contribution >= 0.6 is 11.6 Å². The summed E-state index contributed by atoms with van der Waals surface area (Å²) in [5.41, 5.74) is 2.64. The average molecular weight is 155 g/mol. The van der Waals surface area contributed by atoms with E-state index in [2.05, 4.69) is 31.2 Å². The number of rotatable bonds is 2. The van der Waals surface area contributed by atoms with Gasteiger partial charge in [-0.15, -0.1) is 11.6 Å². The third-order valence-electron chi connectivity index (χ3n) is 1.47. The van der Waals surface area contributed by atoms with Crippen LogP contribution in [0.3, 0.4) is 0 Å². The van der Waals surface area contributed by atoms with E-state index in [0.717, 1.165) is 6.42 Å². The summed E-state index contributed by atoms with van der Waals surface area (Å²) in [6.45, 7) is 2.09. The Morgan fingerprint density at radius 3 is 2.80 bits per heavy atom. The van der Waals surface area contributed by atoms with Gasteiger partial charge in [0, 0.05) is 5.88 Å². The summed E-state index contributed by atoms with van der Waals surface area (Å²) in [5, 5.41) is 0. The van der Waals surface area contributed by atoms with Crippen molar-refractivity contribution in [3.63, 3.8) is 0 Å². The topological polar surface area (TPSA) is 0 Å². The highest BCUT2D eigenvalue weighted by Gasteiger charge is 1.89. The van der Waals surface area contributed by atoms with Crippen LogP contribution in [-0.2, 0) is 6.42 Å². The molecule has 0 fully saturated rings. The van der Waals surface area contributed by atoms with E-state index in [1.807, 2.05) is 0 Å². The van der Waals surface area contributed by atoms with Gasteiger partial charge in [-0.3, -0.25) is 0 Å². The van der Waals surface area contributed by atoms with E-state index in [1.54, 1.807) is 0 Å². The molecular weight excluding hydrogens is 144 g/mol. The van der Waals surface area contributed by atoms with Crippen molar-refractivity contribution in [2.75, 3.05) is 5.88 Å². The van der Waals surface area contributed by atoms with E-state index < -0.39 is 0 Å². The number of aryl methyl sites for hydroxylation is 2. The molecule has 0 aliphatic carbocycles. The Bertz CT molecular complexity index is 206. The Balaban J connectivity index is 2.75. The summed E-state index contributed by atoms with van der Waals surface area (Å²) >= 11 is 5.59. The molecular formula is C9H11Cl. The monoisotopic (exact) mass is 154 g/mol. The summed E-state index contributed by atoms with van der Waals surface area (Å²) < 4.78 is 0. The highest BCUT2D eigenvalue weighted by molar-refractivity contribution is 6.17. The fraction of sp³-hybridized carbons (Fsp3) is 0.333. The zero-order chi connectivity index (χ0) is 7.40. The molecule has 0 nitrogen and oxygen atoms in total. The van der Waals surface area contributed by atoms with Crippen LogP contribution in [0.4, 0.5) is 0 Å². The van der Waals surface area contributed by atoms with Crippen LogP contribution in [0.1, 0.15) is 11.1 Å². The van der Waals surface area contributed by atoms with Crippen LogP contribution in [0.25, 0.3) is 0 Å². The predicted molar refractivity (Wildman–Crippen MR) is 45.6 cm³/mol. The molecule has 1 heteroatoms. The van der Waals surface area contributed by atoms with Gasteiger partial charge in [0.25, 0.3) is 0 Å². The van der Waals surface area contributed by atoms with Gasteiger partial charge >= 0.3 is 0 Å². The zero-order valence-electron chi connectivity index (χ0n) is 6.10. The summed E-state index contributed by atoms with van der Waals surface area (Å²) in [4.78, 5) is 0. The highest BCUT2D eigenvalue weighted by Crippen LogP contribution is 2.04. The minimum absolute atomic E-state index is 0.712. The number of halogens is 1. The first kappa shape index (κ1) is 7.62. The first-order valence-corrected chi connectivity index (χ1v) is 3.98. The molecule has 0 spiro atoms. The van der Waals surface area contributed by atoms with Crippen LogP contribution in [0.2, 0.25) is 0 Å². The summed E-state index contributed by atoms with van der Waals surface area (Å²) in [5.74, 6) is 0.712. The Morgan fingerprint density at radius 1 is 1.40 bits per heavy atom. The lowest BCUT2D eigenvalue weighted by Gasteiger charge is -1.97. The molecule has 0 saturated heterocycles. The minimum Gasteiger partial charge on any atom is -0.126 e. The minimum atomic E-state index is 0.712. The quantitative estimate of drug-likeness (QED) is 0.575. The van der Waals surface area contributed by atoms with E-state index in [1.165, 1.54) is 11.1 Å². The molecule has 0 heterocycles. The van der Waals surface area contributed by atoms with Crippen molar-refractivity contribution in [3.05, 3.63) is 35.4 Å². The van der Waals surface area contributed by atoms with Crippen molar-refractivity contribution in [1.82, 2.24) is 0 Å². The fourth-order valence-corrected chi connectivity index (χ4v) is 1.19. The van der Waals surface area contributed by atoms with Crippen molar-refractivity contribution in [2.24, 2.45) is 0 Å². The third kappa shape index (κ3) is 2.03. The first-order chi connectivity index (χ1) is 4.83. The Hall–Kier alpha value is -0.490. The second kappa shape index (κ2) is 3.62. The van der Waals surface area contributed by atoms with Gasteiger partial charge in [0.1, 0.15) is 0 Å². The summed E-state index contributed by atoms with van der Waals surface area (Å²) in [7, 11) is 0. The molecule has 0 N–H and O–H groups in total. The van der Waals surface area contributed by atoms with Gasteiger partial charge < -0.3 is 0 Å². The van der Waals surface area contributed by atoms with Gasteiger partial charge in [-0.1, -0.05) is 29.8 Å². The van der Waals surface area contributed by atoms with Crippen molar-refractivity contribution in [2.45, 2.75) is 13.3 Å². The summed E-state index contributed by atoms with van der Waals surface area (Å²) in [6.07, 6.45) is 0.975. The Kier molecular flexibility index (Phi) is 2.76. The highest BCUT2D eigenvalue weighted by atomic mass is 35.5. The van der Waals surface area contributed by atoms with Crippen LogP contribution < -0.4 is 0 Å². The molecule has 0 aliphatic rings. The smallest absolute Gasteiger partial charge is 0.0263 e. The van der Waals surface area contributed by atoms with Gasteiger partial charge in [0.05, 0.1) is 0 Å². The van der Waals surface area contributed by atoms with Crippen molar-refractivity contribution in [3.8, 4) is 0 Å². The van der Waals surface area contributed by atoms with E-state index >= 15 is 0 Å². The number of hydrogen-bond donors (Lipinski definition) is 0. The van der Waals surface area contributed by atoms with Gasteiger partial charge in [-0.25, -0.2) is 0 Å². The lowest BCUT2D eigenvalue weighted by atomic mass is 10.1. The molecule has 10 heavy (non-hydrogen) atoms. The van der Waals surface area contributed by atoms with Gasteiger partial charge in [-0.2, -0.15) is 0 Å². The molecule has 54 valence electrons. The lowest BCUT2D eigenvalue weighted by Crippen LogP contribution is -1.85. The Labute approximate surface area is 66.8 Å². The maximum atomic E-state index is 5.59. The Morgan fingerprint density at radius 2 is 2.20 bits per heavy atom. The molecule has 0 bridgehead atoms. The molecule has 0 atom stereocenters. The van der Waals surface area contributed by atoms with Crippen LogP contribution in [0.5, 0.6) is 0 Å². The maximum Gasteiger partial charge on any atom is 0.0263 e. The second-order valence-electron chi connectivity index (χ2n) is 2.43. The van der Waals surface area contributed by atoms with E-state index in [0.29, 0.717) is 5.88 Å². The zero-order valence-corrected chi connectivity index (χ0v) is 6.86. The molecule has 0 aromatic heterocycles. The number of benzene rings is 1. The van der Waals surface area contributed by atoms with Gasteiger partial charge in [0.2, 0.25) is 0 Å². The largest absolute Gasteiger partial charge is 0.126 e. The fourth-order valence-electron chi connectivity index (χ4n) is 0.977. The first-order valence-electron chi connectivity index (χ1n) is 3.44. The molecule has 0 unspecified atom stereocenters. The molecule has 0 amide bonds. The standard InChI is InChI=1S/C9H11Cl/c1-8-3-2-4-9(7-8)5-6-10/h2-4,7H,5-6H2,1H3. The second-order valence-corrected chi connectivity index (χ2v) is 2.81. The van der Waals surface area contributed by atoms with Crippen LogP contribution in [0.15, 0.2) is 24.3 Å². The lowest BCUT2D eigenvalue weighted by molar-refractivity contribution is 1.14. The molecule has 1 aromatic rings. The summed E-state index contributed by atoms with van der Waals surface area (Å²) in [6, 6.07) is 8.44. The third-order valence-corrected chi connectivity index (χ3v) is 1.65. The molecule has 1 rings (SSSR count). The number of hydrogen-bond acceptors (Lipinski definition) is 0. The van der Waals surface area contributed by atoms with E-state index in [-0.39, 0.29) is 0 Å². The van der Waals surface area contributed by atoms with Crippen molar-refractivity contribution >= 4 is 11.6 Å². The maximum absolute atomic E-state index is 5.59. The van der Waals surface area contributed by atoms with Crippen LogP contribution in [0, 0.1) is 6.92 Å². The van der Waals surface area contributed by atoms with E-state index in [4.69, 9.17) is 11.6 Å². The van der Waals surface area contributed by atoms with E-state index in [9.17, 15) is 0 Å². The van der Waals surface area contributed by atoms with Crippen LogP contribution in [-0.4, -0.2) is 5.88 Å². The van der Waals surface area contributed by atoms with Gasteiger partial charge in [-0.05, 0) is 18.9 Å². The van der Waals surface area contributed by atoms with Crippen molar-refractivity contribution < 1.29 is 0 Å². The van der Waals surface area contributed by atoms with Gasteiger partial charge in [0.15, 0.2) is 0 Å². The molecule has 0 saturated carbocycles. The average Bonchev–Trinajstić information content (AvgIpc) is 1.88. The normalized spacial score (nSPS) is 9.80. The predicted octanol–water partition coefficient (Wildman–Crippen LogP) is 2.78. The molecule has 0 aliphatic heterocycles. The molecule has 0 radical (unpaired) electrons. The SMILES string of the molecule is Cc1cccc(CCCl)c1. The number of alkyl halides is 1. The molecule has 1 aromatic carbocycles. The van der Waals surface area contributed by atoms with Crippen molar-refractivity contribution in [1.29, 1.82) is 0 Å².